The smallest absolute Gasteiger partial charge is 0.251 e. The summed E-state index contributed by atoms with van der Waals surface area (Å²) in [7, 11) is 3.20. The molecule has 1 fully saturated rings. The largest absolute Gasteiger partial charge is 0.507 e. The van der Waals surface area contributed by atoms with Crippen molar-refractivity contribution in [3.8, 4) is 16.9 Å². The minimum Gasteiger partial charge on any atom is -0.507 e. The van der Waals surface area contributed by atoms with Crippen molar-refractivity contribution in [2.24, 2.45) is 0 Å². The molecule has 0 aliphatic heterocycles. The number of pyridine rings is 1. The molecule has 1 saturated carbocycles. The number of nitrogens with zero attached hydrogens (tertiary/aromatic N) is 4. The van der Waals surface area contributed by atoms with Crippen LogP contribution < -0.4 is 10.2 Å². The van der Waals surface area contributed by atoms with E-state index in [1.807, 2.05) is 0 Å². The van der Waals surface area contributed by atoms with E-state index in [0.29, 0.717) is 16.7 Å². The van der Waals surface area contributed by atoms with Crippen molar-refractivity contribution in [2.45, 2.75) is 24.6 Å². The van der Waals surface area contributed by atoms with Gasteiger partial charge in [0.05, 0.1) is 5.54 Å². The van der Waals surface area contributed by atoms with Gasteiger partial charge in [-0.3, -0.25) is 9.78 Å². The second kappa shape index (κ2) is 7.90. The SMILES string of the molecule is CNC(=O)c1ccc(O)c(-c2cnc(N(C)[C@]3(c4ncccc4F)C[C@@H](F)C3)nc2)c1. The molecule has 2 N–H and O–H groups in total. The van der Waals surface area contributed by atoms with Gasteiger partial charge >= 0.3 is 0 Å². The summed E-state index contributed by atoms with van der Waals surface area (Å²) >= 11 is 0. The Hall–Kier alpha value is -3.62. The third kappa shape index (κ3) is 3.56. The zero-order chi connectivity index (χ0) is 22.2. The van der Waals surface area contributed by atoms with E-state index >= 15 is 0 Å². The summed E-state index contributed by atoms with van der Waals surface area (Å²) in [5.74, 6) is -0.552. The Kier molecular flexibility index (Phi) is 5.26. The number of phenolic OH excluding ortho intramolecular Hbond substituents is 1. The molecule has 7 nitrogen and oxygen atoms in total. The lowest BCUT2D eigenvalue weighted by atomic mass is 9.71. The first-order valence-corrected chi connectivity index (χ1v) is 9.72. The van der Waals surface area contributed by atoms with E-state index in [2.05, 4.69) is 20.3 Å². The first-order chi connectivity index (χ1) is 14.9. The van der Waals surface area contributed by atoms with Crippen molar-refractivity contribution in [1.29, 1.82) is 0 Å². The van der Waals surface area contributed by atoms with Crippen molar-refractivity contribution >= 4 is 11.9 Å². The molecule has 0 bridgehead atoms. The Balaban J connectivity index is 1.67. The number of aromatic hydroxyl groups is 1. The number of alkyl halides is 1. The second-order valence-corrected chi connectivity index (χ2v) is 7.51. The van der Waals surface area contributed by atoms with Gasteiger partial charge in [-0.05, 0) is 30.3 Å². The van der Waals surface area contributed by atoms with Crippen LogP contribution in [0.15, 0.2) is 48.9 Å². The zero-order valence-corrected chi connectivity index (χ0v) is 17.0. The summed E-state index contributed by atoms with van der Waals surface area (Å²) in [4.78, 5) is 26.4. The molecular weight excluding hydrogens is 404 g/mol. The van der Waals surface area contributed by atoms with Crippen molar-refractivity contribution < 1.29 is 18.7 Å². The lowest BCUT2D eigenvalue weighted by molar-refractivity contribution is 0.0860. The van der Waals surface area contributed by atoms with Crippen LogP contribution in [-0.4, -0.2) is 46.2 Å². The Labute approximate surface area is 177 Å². The van der Waals surface area contributed by atoms with Gasteiger partial charge in [-0.2, -0.15) is 0 Å². The maximum Gasteiger partial charge on any atom is 0.251 e. The fraction of sp³-hybridized carbons (Fsp3) is 0.273. The molecular formula is C22H21F2N5O2. The molecule has 0 radical (unpaired) electrons. The number of rotatable bonds is 5. The number of hydrogen-bond donors (Lipinski definition) is 2. The average Bonchev–Trinajstić information content (AvgIpc) is 2.77. The number of hydrogen-bond acceptors (Lipinski definition) is 6. The van der Waals surface area contributed by atoms with E-state index in [-0.39, 0.29) is 36.1 Å². The van der Waals surface area contributed by atoms with Crippen LogP contribution in [0.4, 0.5) is 14.7 Å². The Bertz CT molecular complexity index is 1120. The summed E-state index contributed by atoms with van der Waals surface area (Å²) in [5, 5.41) is 12.7. The molecule has 1 aromatic carbocycles. The lowest BCUT2D eigenvalue weighted by Crippen LogP contribution is -2.56. The number of halogens is 2. The summed E-state index contributed by atoms with van der Waals surface area (Å²) in [6, 6.07) is 7.27. The fourth-order valence-corrected chi connectivity index (χ4v) is 3.90. The van der Waals surface area contributed by atoms with Gasteiger partial charge < -0.3 is 15.3 Å². The topological polar surface area (TPSA) is 91.2 Å². The van der Waals surface area contributed by atoms with Crippen LogP contribution in [0.5, 0.6) is 5.75 Å². The first kappa shape index (κ1) is 20.6. The van der Waals surface area contributed by atoms with Crippen LogP contribution in [-0.2, 0) is 5.54 Å². The maximum atomic E-state index is 14.5. The summed E-state index contributed by atoms with van der Waals surface area (Å²) < 4.78 is 28.3. The van der Waals surface area contributed by atoms with Gasteiger partial charge in [0.25, 0.3) is 5.91 Å². The van der Waals surface area contributed by atoms with Crippen LogP contribution in [0.2, 0.25) is 0 Å². The molecule has 0 atom stereocenters. The maximum absolute atomic E-state index is 14.5. The molecule has 160 valence electrons. The lowest BCUT2D eigenvalue weighted by Gasteiger charge is -2.49. The van der Waals surface area contributed by atoms with Gasteiger partial charge in [-0.1, -0.05) is 0 Å². The summed E-state index contributed by atoms with van der Waals surface area (Å²) in [6.45, 7) is 0. The normalized spacial score (nSPS) is 20.1. The summed E-state index contributed by atoms with van der Waals surface area (Å²) in [6.07, 6.45) is 3.57. The number of carbonyl (C=O) groups excluding carboxylic acids is 1. The molecule has 1 amide bonds. The number of nitrogens with one attached hydrogen (secondary N) is 1. The monoisotopic (exact) mass is 425 g/mol. The van der Waals surface area contributed by atoms with Gasteiger partial charge in [0, 0.05) is 62.2 Å². The van der Waals surface area contributed by atoms with Gasteiger partial charge in [-0.15, -0.1) is 0 Å². The van der Waals surface area contributed by atoms with E-state index in [0.717, 1.165) is 0 Å². The number of carbonyl (C=O) groups is 1. The number of aromatic nitrogens is 3. The van der Waals surface area contributed by atoms with Crippen molar-refractivity contribution in [3.05, 3.63) is 66.0 Å². The van der Waals surface area contributed by atoms with Crippen LogP contribution in [0, 0.1) is 5.82 Å². The molecule has 1 aliphatic carbocycles. The zero-order valence-electron chi connectivity index (χ0n) is 17.0. The van der Waals surface area contributed by atoms with Crippen LogP contribution in [0.25, 0.3) is 11.1 Å². The highest BCUT2D eigenvalue weighted by atomic mass is 19.1. The standard InChI is InChI=1S/C22H21F2N5O2/c1-25-20(31)13-5-6-18(30)16(8-13)14-11-27-21(28-12-14)29(2)22(9-15(23)10-22)19-17(24)4-3-7-26-19/h3-8,11-12,15,30H,9-10H2,1-2H3,(H,25,31)/t15-,22-. The highest BCUT2D eigenvalue weighted by Crippen LogP contribution is 2.48. The molecule has 0 spiro atoms. The number of benzene rings is 1. The molecule has 0 unspecified atom stereocenters. The number of amides is 1. The second-order valence-electron chi connectivity index (χ2n) is 7.51. The van der Waals surface area contributed by atoms with E-state index in [1.165, 1.54) is 49.9 Å². The minimum atomic E-state index is -1.06. The van der Waals surface area contributed by atoms with Crippen LogP contribution in [0.3, 0.4) is 0 Å². The Morgan fingerprint density at radius 3 is 2.55 bits per heavy atom. The predicted octanol–water partition coefficient (Wildman–Crippen LogP) is 3.21. The van der Waals surface area contributed by atoms with Gasteiger partial charge in [0.1, 0.15) is 23.4 Å². The average molecular weight is 425 g/mol. The van der Waals surface area contributed by atoms with Crippen molar-refractivity contribution in [3.63, 3.8) is 0 Å². The molecule has 0 saturated heterocycles. The van der Waals surface area contributed by atoms with Gasteiger partial charge in [0.15, 0.2) is 0 Å². The van der Waals surface area contributed by atoms with Crippen molar-refractivity contribution in [1.82, 2.24) is 20.3 Å². The molecule has 2 aromatic heterocycles. The molecule has 1 aliphatic rings. The van der Waals surface area contributed by atoms with Crippen LogP contribution in [0.1, 0.15) is 28.9 Å². The third-order valence-electron chi connectivity index (χ3n) is 5.69. The highest BCUT2D eigenvalue weighted by molar-refractivity contribution is 5.95. The highest BCUT2D eigenvalue weighted by Gasteiger charge is 2.52. The van der Waals surface area contributed by atoms with Crippen LogP contribution >= 0.6 is 0 Å². The van der Waals surface area contributed by atoms with Crippen molar-refractivity contribution in [2.75, 3.05) is 19.0 Å². The predicted molar refractivity (Wildman–Crippen MR) is 111 cm³/mol. The minimum absolute atomic E-state index is 0.0244. The Morgan fingerprint density at radius 1 is 1.23 bits per heavy atom. The molecule has 2 heterocycles. The quantitative estimate of drug-likeness (QED) is 0.652. The van der Waals surface area contributed by atoms with E-state index in [1.54, 1.807) is 18.0 Å². The first-order valence-electron chi connectivity index (χ1n) is 9.72. The number of anilines is 1. The van der Waals surface area contributed by atoms with Gasteiger partial charge in [0.2, 0.25) is 5.95 Å². The van der Waals surface area contributed by atoms with Gasteiger partial charge in [-0.25, -0.2) is 18.7 Å². The van der Waals surface area contributed by atoms with E-state index < -0.39 is 17.5 Å². The summed E-state index contributed by atoms with van der Waals surface area (Å²) in [5.41, 5.74) is 0.455. The Morgan fingerprint density at radius 2 is 1.94 bits per heavy atom. The molecule has 3 aromatic rings. The van der Waals surface area contributed by atoms with E-state index in [9.17, 15) is 18.7 Å². The molecule has 9 heteroatoms. The van der Waals surface area contributed by atoms with E-state index in [4.69, 9.17) is 0 Å². The fourth-order valence-electron chi connectivity index (χ4n) is 3.90. The number of phenols is 1. The third-order valence-corrected chi connectivity index (χ3v) is 5.69. The molecule has 31 heavy (non-hydrogen) atoms. The molecule has 4 rings (SSSR count).